The number of rotatable bonds is 6. The minimum Gasteiger partial charge on any atom is -0.480 e. The largest absolute Gasteiger partial charge is 0.480 e. The third-order valence-electron chi connectivity index (χ3n) is 3.06. The Hall–Kier alpha value is -1.95. The number of hydrogen-bond donors (Lipinski definition) is 2. The molecule has 0 aliphatic carbocycles. The summed E-state index contributed by atoms with van der Waals surface area (Å²) in [6, 6.07) is 11.6. The standard InChI is InChI=1S/C16H15Cl2NO4/c1-10(20)15(16(21)22)19(13-6-2-11(17)3-7-13)23-14-8-4-12(18)5-9-14/h2-10,15,20H,1H3,(H,21,22)/t10-,15+/m1/s1. The van der Waals surface area contributed by atoms with Gasteiger partial charge in [0.25, 0.3) is 0 Å². The van der Waals surface area contributed by atoms with Gasteiger partial charge in [0.2, 0.25) is 0 Å². The Morgan fingerprint density at radius 3 is 1.96 bits per heavy atom. The number of carboxylic acid groups (broad SMARTS) is 1. The number of carboxylic acids is 1. The van der Waals surface area contributed by atoms with Gasteiger partial charge in [0.05, 0.1) is 11.8 Å². The van der Waals surface area contributed by atoms with Crippen molar-refractivity contribution in [2.24, 2.45) is 0 Å². The van der Waals surface area contributed by atoms with Gasteiger partial charge in [-0.1, -0.05) is 23.2 Å². The summed E-state index contributed by atoms with van der Waals surface area (Å²) in [5.41, 5.74) is 0.442. The Balaban J connectivity index is 2.39. The number of hydrogen-bond acceptors (Lipinski definition) is 4. The van der Waals surface area contributed by atoms with Crippen molar-refractivity contribution in [3.8, 4) is 5.75 Å². The van der Waals surface area contributed by atoms with E-state index in [2.05, 4.69) is 0 Å². The molecule has 0 heterocycles. The topological polar surface area (TPSA) is 70.0 Å². The SMILES string of the molecule is C[C@@H](O)[C@@H](C(=O)O)N(Oc1ccc(Cl)cc1)c1ccc(Cl)cc1. The van der Waals surface area contributed by atoms with Gasteiger partial charge in [-0.15, -0.1) is 0 Å². The lowest BCUT2D eigenvalue weighted by molar-refractivity contribution is -0.142. The fourth-order valence-electron chi connectivity index (χ4n) is 1.97. The van der Waals surface area contributed by atoms with Crippen LogP contribution >= 0.6 is 23.2 Å². The molecule has 2 N–H and O–H groups in total. The molecule has 7 heteroatoms. The first kappa shape index (κ1) is 17.4. The molecule has 0 fully saturated rings. The second-order valence-corrected chi connectivity index (χ2v) is 5.74. The normalized spacial score (nSPS) is 13.2. The van der Waals surface area contributed by atoms with E-state index in [1.807, 2.05) is 0 Å². The Kier molecular flexibility index (Phi) is 5.71. The van der Waals surface area contributed by atoms with Crippen molar-refractivity contribution in [2.75, 3.05) is 5.06 Å². The molecule has 122 valence electrons. The van der Waals surface area contributed by atoms with Crippen LogP contribution in [-0.4, -0.2) is 28.3 Å². The van der Waals surface area contributed by atoms with Crippen LogP contribution in [0.3, 0.4) is 0 Å². The predicted octanol–water partition coefficient (Wildman–Crippen LogP) is 3.63. The number of aliphatic carboxylic acids is 1. The summed E-state index contributed by atoms with van der Waals surface area (Å²) in [5.74, 6) is -0.833. The molecule has 0 spiro atoms. The highest BCUT2D eigenvalue weighted by atomic mass is 35.5. The van der Waals surface area contributed by atoms with Crippen LogP contribution in [0.5, 0.6) is 5.75 Å². The average molecular weight is 356 g/mol. The molecule has 2 rings (SSSR count). The van der Waals surface area contributed by atoms with Crippen molar-refractivity contribution >= 4 is 34.9 Å². The van der Waals surface area contributed by atoms with Crippen LogP contribution in [0.4, 0.5) is 5.69 Å². The lowest BCUT2D eigenvalue weighted by atomic mass is 10.1. The van der Waals surface area contributed by atoms with Gasteiger partial charge in [0.15, 0.2) is 11.8 Å². The number of nitrogens with zero attached hydrogens (tertiary/aromatic N) is 1. The zero-order chi connectivity index (χ0) is 17.0. The maximum atomic E-state index is 11.5. The van der Waals surface area contributed by atoms with Crippen molar-refractivity contribution in [3.63, 3.8) is 0 Å². The molecule has 0 bridgehead atoms. The van der Waals surface area contributed by atoms with Crippen LogP contribution in [-0.2, 0) is 4.79 Å². The fraction of sp³-hybridized carbons (Fsp3) is 0.188. The Labute approximate surface area is 143 Å². The Bertz CT molecular complexity index is 659. The Morgan fingerprint density at radius 1 is 1.04 bits per heavy atom. The summed E-state index contributed by atoms with van der Waals surface area (Å²) in [7, 11) is 0. The molecule has 0 saturated carbocycles. The fourth-order valence-corrected chi connectivity index (χ4v) is 2.22. The molecule has 2 aromatic carbocycles. The molecule has 0 aliphatic rings. The predicted molar refractivity (Wildman–Crippen MR) is 89.1 cm³/mol. The zero-order valence-corrected chi connectivity index (χ0v) is 13.7. The number of aliphatic hydroxyl groups excluding tert-OH is 1. The molecular weight excluding hydrogens is 341 g/mol. The number of anilines is 1. The zero-order valence-electron chi connectivity index (χ0n) is 12.2. The monoisotopic (exact) mass is 355 g/mol. The summed E-state index contributed by atoms with van der Waals surface area (Å²) >= 11 is 11.7. The molecule has 2 atom stereocenters. The van der Waals surface area contributed by atoms with Gasteiger partial charge in [-0.05, 0) is 55.5 Å². The van der Waals surface area contributed by atoms with E-state index in [0.717, 1.165) is 5.06 Å². The quantitative estimate of drug-likeness (QED) is 0.774. The first-order valence-corrected chi connectivity index (χ1v) is 7.53. The van der Waals surface area contributed by atoms with Crippen LogP contribution in [0, 0.1) is 0 Å². The van der Waals surface area contributed by atoms with E-state index >= 15 is 0 Å². The minimum atomic E-state index is -1.30. The molecule has 0 unspecified atom stereocenters. The molecule has 0 aliphatic heterocycles. The van der Waals surface area contributed by atoms with E-state index in [-0.39, 0.29) is 0 Å². The first-order valence-electron chi connectivity index (χ1n) is 6.77. The van der Waals surface area contributed by atoms with Gasteiger partial charge in [-0.2, -0.15) is 5.06 Å². The van der Waals surface area contributed by atoms with Gasteiger partial charge in [-0.25, -0.2) is 4.79 Å². The third-order valence-corrected chi connectivity index (χ3v) is 3.57. The summed E-state index contributed by atoms with van der Waals surface area (Å²) < 4.78 is 0. The van der Waals surface area contributed by atoms with Crippen LogP contribution < -0.4 is 9.90 Å². The maximum Gasteiger partial charge on any atom is 0.332 e. The van der Waals surface area contributed by atoms with Crippen molar-refractivity contribution in [3.05, 3.63) is 58.6 Å². The summed E-state index contributed by atoms with van der Waals surface area (Å²) in [6.45, 7) is 1.38. The number of carbonyl (C=O) groups is 1. The first-order chi connectivity index (χ1) is 10.9. The highest BCUT2D eigenvalue weighted by Crippen LogP contribution is 2.25. The molecule has 2 aromatic rings. The van der Waals surface area contributed by atoms with E-state index < -0.39 is 18.1 Å². The highest BCUT2D eigenvalue weighted by Gasteiger charge is 2.32. The second kappa shape index (κ2) is 7.55. The maximum absolute atomic E-state index is 11.5. The second-order valence-electron chi connectivity index (χ2n) is 4.87. The van der Waals surface area contributed by atoms with Crippen molar-refractivity contribution in [1.29, 1.82) is 0 Å². The van der Waals surface area contributed by atoms with Crippen molar-refractivity contribution < 1.29 is 19.8 Å². The van der Waals surface area contributed by atoms with Gasteiger partial charge >= 0.3 is 5.97 Å². The molecular formula is C16H15Cl2NO4. The highest BCUT2D eigenvalue weighted by molar-refractivity contribution is 6.30. The van der Waals surface area contributed by atoms with Crippen LogP contribution in [0.15, 0.2) is 48.5 Å². The van der Waals surface area contributed by atoms with E-state index in [9.17, 15) is 15.0 Å². The van der Waals surface area contributed by atoms with E-state index in [1.165, 1.54) is 6.92 Å². The minimum absolute atomic E-state index is 0.385. The summed E-state index contributed by atoms with van der Waals surface area (Å²) in [5, 5.41) is 21.4. The van der Waals surface area contributed by atoms with E-state index in [0.29, 0.717) is 21.5 Å². The van der Waals surface area contributed by atoms with Crippen molar-refractivity contribution in [1.82, 2.24) is 0 Å². The molecule has 5 nitrogen and oxygen atoms in total. The van der Waals surface area contributed by atoms with Crippen molar-refractivity contribution in [2.45, 2.75) is 19.1 Å². The summed E-state index contributed by atoms with van der Waals surface area (Å²) in [4.78, 5) is 17.2. The van der Waals surface area contributed by atoms with Crippen LogP contribution in [0.1, 0.15) is 6.92 Å². The van der Waals surface area contributed by atoms with Gasteiger partial charge in [-0.3, -0.25) is 0 Å². The van der Waals surface area contributed by atoms with Crippen LogP contribution in [0.2, 0.25) is 10.0 Å². The molecule has 0 radical (unpaired) electrons. The average Bonchev–Trinajstić information content (AvgIpc) is 2.49. The Morgan fingerprint density at radius 2 is 1.52 bits per heavy atom. The van der Waals surface area contributed by atoms with E-state index in [1.54, 1.807) is 48.5 Å². The lowest BCUT2D eigenvalue weighted by Gasteiger charge is -2.31. The smallest absolute Gasteiger partial charge is 0.332 e. The number of hydroxylamine groups is 1. The molecule has 0 amide bonds. The third kappa shape index (κ3) is 4.51. The number of halogens is 2. The number of benzene rings is 2. The van der Waals surface area contributed by atoms with Gasteiger partial charge < -0.3 is 15.1 Å². The summed E-state index contributed by atoms with van der Waals surface area (Å²) in [6.07, 6.45) is -1.17. The molecule has 23 heavy (non-hydrogen) atoms. The number of aliphatic hydroxyl groups is 1. The van der Waals surface area contributed by atoms with Gasteiger partial charge in [0, 0.05) is 10.0 Å². The van der Waals surface area contributed by atoms with Gasteiger partial charge in [0.1, 0.15) is 0 Å². The molecule has 0 aromatic heterocycles. The van der Waals surface area contributed by atoms with E-state index in [4.69, 9.17) is 28.0 Å². The van der Waals surface area contributed by atoms with Crippen LogP contribution in [0.25, 0.3) is 0 Å². The molecule has 0 saturated heterocycles. The lowest BCUT2D eigenvalue weighted by Crippen LogP contribution is -2.50.